The highest BCUT2D eigenvalue weighted by atomic mass is 16.5. The van der Waals surface area contributed by atoms with Crippen molar-refractivity contribution in [2.24, 2.45) is 0 Å². The Morgan fingerprint density at radius 1 is 1.12 bits per heavy atom. The normalized spacial score (nSPS) is 8.53. The summed E-state index contributed by atoms with van der Waals surface area (Å²) in [6, 6.07) is 10.2. The van der Waals surface area contributed by atoms with Gasteiger partial charge in [0.2, 0.25) is 6.29 Å². The maximum Gasteiger partial charge on any atom is 0.217 e. The number of nitriles is 2. The van der Waals surface area contributed by atoms with Crippen molar-refractivity contribution in [2.45, 2.75) is 6.29 Å². The molecule has 0 saturated heterocycles. The quantitative estimate of drug-likeness (QED) is 0.419. The summed E-state index contributed by atoms with van der Waals surface area (Å²) < 4.78 is 0. The Bertz CT molecular complexity index is 545. The Labute approximate surface area is 98.7 Å². The third-order valence-corrected chi connectivity index (χ3v) is 1.81. The first kappa shape index (κ1) is 12.5. The molecule has 1 aromatic carbocycles. The number of rotatable bonds is 1. The van der Waals surface area contributed by atoms with Gasteiger partial charge in [-0.25, -0.2) is 0 Å². The summed E-state index contributed by atoms with van der Waals surface area (Å²) in [4.78, 5) is 0. The number of hydrogen-bond acceptors (Lipinski definition) is 4. The van der Waals surface area contributed by atoms with Crippen LogP contribution in [-0.4, -0.2) is 16.5 Å². The smallest absolute Gasteiger partial charge is 0.217 e. The van der Waals surface area contributed by atoms with Gasteiger partial charge in [0.1, 0.15) is 17.7 Å². The minimum absolute atomic E-state index is 0.0228. The van der Waals surface area contributed by atoms with Crippen LogP contribution in [0.5, 0.6) is 0 Å². The van der Waals surface area contributed by atoms with Crippen molar-refractivity contribution < 1.29 is 10.2 Å². The van der Waals surface area contributed by atoms with Gasteiger partial charge < -0.3 is 10.2 Å². The zero-order valence-electron chi connectivity index (χ0n) is 8.75. The van der Waals surface area contributed by atoms with Crippen LogP contribution in [0.25, 0.3) is 6.08 Å². The zero-order chi connectivity index (χ0) is 12.7. The summed E-state index contributed by atoms with van der Waals surface area (Å²) in [7, 11) is 0. The molecular formula is C13H8N2O2. The summed E-state index contributed by atoms with van der Waals surface area (Å²) >= 11 is 0. The van der Waals surface area contributed by atoms with E-state index in [-0.39, 0.29) is 5.57 Å². The standard InChI is InChI=1S/C13H8N2O2/c14-8-12(9-15)7-11-3-1-10(2-4-11)5-6-13(16)17/h1-4,7,13,16-17H. The molecule has 0 unspecified atom stereocenters. The molecule has 82 valence electrons. The van der Waals surface area contributed by atoms with Crippen LogP contribution in [0, 0.1) is 34.5 Å². The molecule has 0 bridgehead atoms. The average molecular weight is 224 g/mol. The van der Waals surface area contributed by atoms with Crippen LogP contribution in [0.4, 0.5) is 0 Å². The van der Waals surface area contributed by atoms with Crippen molar-refractivity contribution >= 4 is 6.08 Å². The predicted octanol–water partition coefficient (Wildman–Crippen LogP) is 0.779. The maximum atomic E-state index is 8.57. The van der Waals surface area contributed by atoms with E-state index in [4.69, 9.17) is 20.7 Å². The van der Waals surface area contributed by atoms with Gasteiger partial charge in [0, 0.05) is 5.56 Å². The van der Waals surface area contributed by atoms with Crippen molar-refractivity contribution in [1.82, 2.24) is 0 Å². The zero-order valence-corrected chi connectivity index (χ0v) is 8.75. The summed E-state index contributed by atoms with van der Waals surface area (Å²) in [5.41, 5.74) is 1.35. The lowest BCUT2D eigenvalue weighted by Crippen LogP contribution is -1.98. The highest BCUT2D eigenvalue weighted by Crippen LogP contribution is 2.07. The second kappa shape index (κ2) is 6.10. The Balaban J connectivity index is 2.92. The van der Waals surface area contributed by atoms with Crippen molar-refractivity contribution in [3.8, 4) is 24.0 Å². The van der Waals surface area contributed by atoms with Gasteiger partial charge in [-0.2, -0.15) is 10.5 Å². The number of benzene rings is 1. The van der Waals surface area contributed by atoms with Gasteiger partial charge in [-0.05, 0) is 29.7 Å². The Morgan fingerprint density at radius 3 is 2.18 bits per heavy atom. The van der Waals surface area contributed by atoms with Gasteiger partial charge in [0.25, 0.3) is 0 Å². The van der Waals surface area contributed by atoms with Crippen LogP contribution in [-0.2, 0) is 0 Å². The SMILES string of the molecule is N#CC(C#N)=Cc1ccc(C#CC(O)O)cc1. The fourth-order valence-electron chi connectivity index (χ4n) is 1.07. The Kier molecular flexibility index (Phi) is 4.48. The van der Waals surface area contributed by atoms with Gasteiger partial charge in [-0.1, -0.05) is 18.1 Å². The van der Waals surface area contributed by atoms with Gasteiger partial charge in [0.15, 0.2) is 0 Å². The Morgan fingerprint density at radius 2 is 1.71 bits per heavy atom. The molecular weight excluding hydrogens is 216 g/mol. The highest BCUT2D eigenvalue weighted by molar-refractivity contribution is 5.62. The fraction of sp³-hybridized carbons (Fsp3) is 0.0769. The van der Waals surface area contributed by atoms with Crippen molar-refractivity contribution in [3.63, 3.8) is 0 Å². The fourth-order valence-corrected chi connectivity index (χ4v) is 1.07. The molecule has 0 radical (unpaired) electrons. The first-order valence-corrected chi connectivity index (χ1v) is 4.65. The predicted molar refractivity (Wildman–Crippen MR) is 60.7 cm³/mol. The summed E-state index contributed by atoms with van der Waals surface area (Å²) in [5.74, 6) is 4.74. The first-order valence-electron chi connectivity index (χ1n) is 4.65. The monoisotopic (exact) mass is 224 g/mol. The molecule has 2 N–H and O–H groups in total. The first-order chi connectivity index (χ1) is 8.15. The number of allylic oxidation sites excluding steroid dienone is 1. The van der Waals surface area contributed by atoms with Crippen LogP contribution < -0.4 is 0 Å². The van der Waals surface area contributed by atoms with E-state index < -0.39 is 6.29 Å². The summed E-state index contributed by atoms with van der Waals surface area (Å²) in [6.45, 7) is 0. The van der Waals surface area contributed by atoms with E-state index in [1.54, 1.807) is 36.4 Å². The molecule has 4 heteroatoms. The van der Waals surface area contributed by atoms with E-state index in [1.807, 2.05) is 0 Å². The molecule has 4 nitrogen and oxygen atoms in total. The lowest BCUT2D eigenvalue weighted by molar-refractivity contribution is 0.0108. The molecule has 1 aromatic rings. The van der Waals surface area contributed by atoms with Gasteiger partial charge >= 0.3 is 0 Å². The van der Waals surface area contributed by atoms with Crippen LogP contribution in [0.1, 0.15) is 11.1 Å². The summed E-state index contributed by atoms with van der Waals surface area (Å²) in [5, 5.41) is 34.2. The molecule has 0 amide bonds. The molecule has 0 aliphatic rings. The van der Waals surface area contributed by atoms with E-state index in [0.717, 1.165) is 0 Å². The minimum atomic E-state index is -1.65. The molecule has 0 saturated carbocycles. The Hall–Kier alpha value is -2.58. The van der Waals surface area contributed by atoms with Crippen LogP contribution >= 0.6 is 0 Å². The largest absolute Gasteiger partial charge is 0.358 e. The second-order valence-electron chi connectivity index (χ2n) is 3.05. The lowest BCUT2D eigenvalue weighted by atomic mass is 10.1. The number of aliphatic hydroxyl groups is 2. The third-order valence-electron chi connectivity index (χ3n) is 1.81. The van der Waals surface area contributed by atoms with Crippen LogP contribution in [0.2, 0.25) is 0 Å². The third kappa shape index (κ3) is 4.20. The van der Waals surface area contributed by atoms with Crippen molar-refractivity contribution in [3.05, 3.63) is 41.0 Å². The molecule has 0 aromatic heterocycles. The van der Waals surface area contributed by atoms with Gasteiger partial charge in [0.05, 0.1) is 0 Å². The number of hydrogen-bond donors (Lipinski definition) is 2. The number of aliphatic hydroxyl groups excluding tert-OH is 1. The van der Waals surface area contributed by atoms with Crippen LogP contribution in [0.15, 0.2) is 29.8 Å². The second-order valence-corrected chi connectivity index (χ2v) is 3.05. The van der Waals surface area contributed by atoms with E-state index in [0.29, 0.717) is 11.1 Å². The van der Waals surface area contributed by atoms with E-state index >= 15 is 0 Å². The number of nitrogens with zero attached hydrogens (tertiary/aromatic N) is 2. The molecule has 0 atom stereocenters. The molecule has 0 fully saturated rings. The average Bonchev–Trinajstić information content (AvgIpc) is 2.34. The van der Waals surface area contributed by atoms with E-state index in [9.17, 15) is 0 Å². The molecule has 1 rings (SSSR count). The highest BCUT2D eigenvalue weighted by Gasteiger charge is 1.94. The van der Waals surface area contributed by atoms with E-state index in [1.165, 1.54) is 6.08 Å². The topological polar surface area (TPSA) is 88.0 Å². The summed E-state index contributed by atoms with van der Waals surface area (Å²) in [6.07, 6.45) is -0.198. The van der Waals surface area contributed by atoms with Gasteiger partial charge in [-0.3, -0.25) is 0 Å². The lowest BCUT2D eigenvalue weighted by Gasteiger charge is -1.94. The van der Waals surface area contributed by atoms with E-state index in [2.05, 4.69) is 11.8 Å². The van der Waals surface area contributed by atoms with Crippen molar-refractivity contribution in [1.29, 1.82) is 10.5 Å². The maximum absolute atomic E-state index is 8.57. The van der Waals surface area contributed by atoms with Gasteiger partial charge in [-0.15, -0.1) is 0 Å². The molecule has 0 spiro atoms. The van der Waals surface area contributed by atoms with Crippen molar-refractivity contribution in [2.75, 3.05) is 0 Å². The van der Waals surface area contributed by atoms with Crippen LogP contribution in [0.3, 0.4) is 0 Å². The molecule has 0 heterocycles. The molecule has 17 heavy (non-hydrogen) atoms. The molecule has 0 aliphatic heterocycles. The molecule has 0 aliphatic carbocycles. The minimum Gasteiger partial charge on any atom is -0.358 e.